The minimum absolute atomic E-state index is 0.0490. The van der Waals surface area contributed by atoms with Crippen molar-refractivity contribution in [3.05, 3.63) is 29.8 Å². The quantitative estimate of drug-likeness (QED) is 0.283. The summed E-state index contributed by atoms with van der Waals surface area (Å²) in [5.41, 5.74) is -1.24. The zero-order chi connectivity index (χ0) is 31.6. The second kappa shape index (κ2) is 15.7. The standard InChI is InChI=1S/C30H46N6O7/c1-19(2)25-28(40)32-20(3)18-43-23-10-7-6-9-21(23)26(38)33-22(17-24(37)35-30(4,5)29(41)34-25)27(39)31-11-8-12-36-13-15-42-16-14-36/h6-7,9-10,19-20,22,25H,8,11-18H2,1-5H3,(H,31,39)(H,32,40)(H,33,38)(H,34,41)(H,35,37)/t20-,22-,25+/m0/s1. The van der Waals surface area contributed by atoms with Crippen LogP contribution in [0.15, 0.2) is 24.3 Å². The van der Waals surface area contributed by atoms with Crippen LogP contribution in [0.1, 0.15) is 57.8 Å². The van der Waals surface area contributed by atoms with Crippen molar-refractivity contribution in [1.82, 2.24) is 31.5 Å². The number of fused-ring (bicyclic) bond motifs is 1. The molecule has 13 nitrogen and oxygen atoms in total. The highest BCUT2D eigenvalue weighted by molar-refractivity contribution is 6.01. The number of benzene rings is 1. The first-order chi connectivity index (χ1) is 20.4. The molecule has 3 atom stereocenters. The van der Waals surface area contributed by atoms with E-state index in [0.717, 1.165) is 19.6 Å². The van der Waals surface area contributed by atoms with Crippen LogP contribution in [0.5, 0.6) is 5.75 Å². The van der Waals surface area contributed by atoms with Gasteiger partial charge in [-0.05, 0) is 51.8 Å². The molecule has 238 valence electrons. The average molecular weight is 603 g/mol. The molecule has 1 fully saturated rings. The molecule has 2 aliphatic rings. The number of rotatable bonds is 6. The van der Waals surface area contributed by atoms with Gasteiger partial charge >= 0.3 is 0 Å². The highest BCUT2D eigenvalue weighted by atomic mass is 16.5. The molecule has 3 rings (SSSR count). The molecule has 5 N–H and O–H groups in total. The summed E-state index contributed by atoms with van der Waals surface area (Å²) in [6.45, 7) is 12.6. The maximum atomic E-state index is 13.4. The number of nitrogens with one attached hydrogen (secondary N) is 5. The predicted molar refractivity (Wildman–Crippen MR) is 159 cm³/mol. The van der Waals surface area contributed by atoms with Crippen LogP contribution >= 0.6 is 0 Å². The number of para-hydroxylation sites is 1. The molecule has 13 heteroatoms. The van der Waals surface area contributed by atoms with Gasteiger partial charge in [-0.3, -0.25) is 28.9 Å². The molecule has 2 heterocycles. The fourth-order valence-electron chi connectivity index (χ4n) is 4.78. The minimum atomic E-state index is -1.41. The first kappa shape index (κ1) is 33.8. The summed E-state index contributed by atoms with van der Waals surface area (Å²) < 4.78 is 11.3. The zero-order valence-electron chi connectivity index (χ0n) is 25.8. The van der Waals surface area contributed by atoms with Crippen LogP contribution in [0.4, 0.5) is 0 Å². The Hall–Kier alpha value is -3.71. The van der Waals surface area contributed by atoms with Gasteiger partial charge in [0.1, 0.15) is 30.0 Å². The van der Waals surface area contributed by atoms with Gasteiger partial charge < -0.3 is 36.1 Å². The molecule has 0 bridgehead atoms. The lowest BCUT2D eigenvalue weighted by molar-refractivity contribution is -0.136. The normalized spacial score (nSPS) is 24.4. The molecule has 0 unspecified atom stereocenters. The van der Waals surface area contributed by atoms with E-state index < -0.39 is 59.6 Å². The van der Waals surface area contributed by atoms with E-state index in [9.17, 15) is 24.0 Å². The van der Waals surface area contributed by atoms with Gasteiger partial charge in [0.25, 0.3) is 5.91 Å². The van der Waals surface area contributed by atoms with Crippen LogP contribution in [0.3, 0.4) is 0 Å². The first-order valence-corrected chi connectivity index (χ1v) is 14.9. The fourth-order valence-corrected chi connectivity index (χ4v) is 4.78. The van der Waals surface area contributed by atoms with Gasteiger partial charge in [-0.25, -0.2) is 0 Å². The van der Waals surface area contributed by atoms with E-state index in [1.165, 1.54) is 13.8 Å². The van der Waals surface area contributed by atoms with Crippen molar-refractivity contribution in [3.8, 4) is 5.75 Å². The third-order valence-corrected chi connectivity index (χ3v) is 7.33. The van der Waals surface area contributed by atoms with Crippen molar-refractivity contribution in [2.75, 3.05) is 46.0 Å². The number of carbonyl (C=O) groups excluding carboxylic acids is 5. The van der Waals surface area contributed by atoms with Crippen LogP contribution in [0, 0.1) is 5.92 Å². The predicted octanol–water partition coefficient (Wildman–Crippen LogP) is -0.0537. The lowest BCUT2D eigenvalue weighted by Gasteiger charge is -2.30. The van der Waals surface area contributed by atoms with Gasteiger partial charge in [0.15, 0.2) is 0 Å². The van der Waals surface area contributed by atoms with Crippen molar-refractivity contribution < 1.29 is 33.4 Å². The Morgan fingerprint density at radius 2 is 1.77 bits per heavy atom. The molecule has 2 aliphatic heterocycles. The monoisotopic (exact) mass is 602 g/mol. The number of nitrogens with zero attached hydrogens (tertiary/aromatic N) is 1. The summed E-state index contributed by atoms with van der Waals surface area (Å²) in [5.74, 6) is -2.70. The first-order valence-electron chi connectivity index (χ1n) is 14.9. The van der Waals surface area contributed by atoms with Gasteiger partial charge in [0.05, 0.1) is 31.2 Å². The van der Waals surface area contributed by atoms with Crippen LogP contribution in [-0.2, 0) is 23.9 Å². The van der Waals surface area contributed by atoms with E-state index in [0.29, 0.717) is 26.2 Å². The fraction of sp³-hybridized carbons (Fsp3) is 0.633. The summed E-state index contributed by atoms with van der Waals surface area (Å²) >= 11 is 0. The van der Waals surface area contributed by atoms with E-state index >= 15 is 0 Å². The molecular weight excluding hydrogens is 556 g/mol. The van der Waals surface area contributed by atoms with Gasteiger partial charge in [-0.2, -0.15) is 0 Å². The maximum absolute atomic E-state index is 13.4. The van der Waals surface area contributed by atoms with E-state index in [4.69, 9.17) is 9.47 Å². The molecule has 0 aliphatic carbocycles. The van der Waals surface area contributed by atoms with Crippen molar-refractivity contribution >= 4 is 29.5 Å². The van der Waals surface area contributed by atoms with E-state index in [1.807, 2.05) is 0 Å². The molecule has 5 amide bonds. The van der Waals surface area contributed by atoms with Crippen LogP contribution in [0.25, 0.3) is 0 Å². The third kappa shape index (κ3) is 10.2. The van der Waals surface area contributed by atoms with Crippen molar-refractivity contribution in [1.29, 1.82) is 0 Å². The smallest absolute Gasteiger partial charge is 0.255 e. The Labute approximate surface area is 253 Å². The number of hydrogen-bond acceptors (Lipinski definition) is 8. The summed E-state index contributed by atoms with van der Waals surface area (Å²) in [4.78, 5) is 68.3. The summed E-state index contributed by atoms with van der Waals surface area (Å²) in [6, 6.07) is 4.00. The van der Waals surface area contributed by atoms with Gasteiger partial charge in [-0.15, -0.1) is 0 Å². The maximum Gasteiger partial charge on any atom is 0.255 e. The SMILES string of the molecule is CC(C)[C@H]1NC(=O)C(C)(C)NC(=O)C[C@@H](C(=O)NCCCN2CCOCC2)NC(=O)c2ccccc2OC[C@H](C)NC1=O. The lowest BCUT2D eigenvalue weighted by atomic mass is 9.98. The van der Waals surface area contributed by atoms with Crippen LogP contribution < -0.4 is 31.3 Å². The molecule has 1 saturated heterocycles. The Balaban J connectivity index is 1.82. The number of morpholine rings is 1. The van der Waals surface area contributed by atoms with Crippen LogP contribution in [-0.4, -0.2) is 104 Å². The van der Waals surface area contributed by atoms with E-state index in [-0.39, 0.29) is 23.8 Å². The number of amides is 5. The highest BCUT2D eigenvalue weighted by Gasteiger charge is 2.36. The minimum Gasteiger partial charge on any atom is -0.491 e. The molecule has 0 radical (unpaired) electrons. The average Bonchev–Trinajstić information content (AvgIpc) is 2.96. The second-order valence-electron chi connectivity index (χ2n) is 11.9. The summed E-state index contributed by atoms with van der Waals surface area (Å²) in [6.07, 6.45) is 0.274. The second-order valence-corrected chi connectivity index (χ2v) is 11.9. The lowest BCUT2D eigenvalue weighted by Crippen LogP contribution is -2.61. The molecule has 1 aromatic rings. The third-order valence-electron chi connectivity index (χ3n) is 7.33. The molecule has 0 spiro atoms. The molecular formula is C30H46N6O7. The van der Waals surface area contributed by atoms with E-state index in [1.54, 1.807) is 45.0 Å². The molecule has 43 heavy (non-hydrogen) atoms. The molecule has 1 aromatic carbocycles. The van der Waals surface area contributed by atoms with Gasteiger partial charge in [0, 0.05) is 19.6 Å². The molecule has 0 saturated carbocycles. The Bertz CT molecular complexity index is 1150. The zero-order valence-corrected chi connectivity index (χ0v) is 25.8. The number of hydrogen-bond donors (Lipinski definition) is 5. The van der Waals surface area contributed by atoms with Crippen LogP contribution in [0.2, 0.25) is 0 Å². The summed E-state index contributed by atoms with van der Waals surface area (Å²) in [5, 5.41) is 13.7. The molecule has 0 aromatic heterocycles. The van der Waals surface area contributed by atoms with Gasteiger partial charge in [0.2, 0.25) is 23.6 Å². The highest BCUT2D eigenvalue weighted by Crippen LogP contribution is 2.19. The van der Waals surface area contributed by atoms with E-state index in [2.05, 4.69) is 31.5 Å². The summed E-state index contributed by atoms with van der Waals surface area (Å²) in [7, 11) is 0. The van der Waals surface area contributed by atoms with Crippen molar-refractivity contribution in [3.63, 3.8) is 0 Å². The van der Waals surface area contributed by atoms with Crippen molar-refractivity contribution in [2.24, 2.45) is 5.92 Å². The Morgan fingerprint density at radius 1 is 1.07 bits per heavy atom. The Kier molecular flexibility index (Phi) is 12.3. The topological polar surface area (TPSA) is 167 Å². The largest absolute Gasteiger partial charge is 0.491 e. The number of ether oxygens (including phenoxy) is 2. The van der Waals surface area contributed by atoms with Gasteiger partial charge in [-0.1, -0.05) is 26.0 Å². The Morgan fingerprint density at radius 3 is 2.47 bits per heavy atom. The number of carbonyl (C=O) groups is 5. The van der Waals surface area contributed by atoms with Crippen molar-refractivity contribution in [2.45, 2.75) is 71.1 Å².